The maximum Gasteiger partial charge on any atom is 0.490 e. The third-order valence-corrected chi connectivity index (χ3v) is 6.77. The van der Waals surface area contributed by atoms with Gasteiger partial charge in [0, 0.05) is 32.4 Å². The molecule has 1 N–H and O–H groups in total. The van der Waals surface area contributed by atoms with Gasteiger partial charge in [0.15, 0.2) is 0 Å². The van der Waals surface area contributed by atoms with Gasteiger partial charge >= 0.3 is 12.1 Å². The van der Waals surface area contributed by atoms with E-state index in [1.54, 1.807) is 11.2 Å². The molecule has 12 heteroatoms. The van der Waals surface area contributed by atoms with Gasteiger partial charge in [0.1, 0.15) is 0 Å². The summed E-state index contributed by atoms with van der Waals surface area (Å²) in [5.41, 5.74) is 0.673. The first-order valence-corrected chi connectivity index (χ1v) is 11.1. The number of ether oxygens (including phenoxy) is 1. The molecule has 1 spiro atoms. The SMILES string of the molecule is CCS(=O)(=O)N1CCOC2(CCCN(Cc3ccccn3)C2)C1.O=C(O)C(F)(F)F. The number of sulfonamides is 1. The van der Waals surface area contributed by atoms with Gasteiger partial charge in [-0.3, -0.25) is 9.88 Å². The summed E-state index contributed by atoms with van der Waals surface area (Å²) >= 11 is 0. The third kappa shape index (κ3) is 6.89. The monoisotopic (exact) mass is 453 g/mol. The quantitative estimate of drug-likeness (QED) is 0.741. The van der Waals surface area contributed by atoms with Gasteiger partial charge in [-0.2, -0.15) is 17.5 Å². The van der Waals surface area contributed by atoms with E-state index in [9.17, 15) is 21.6 Å². The summed E-state index contributed by atoms with van der Waals surface area (Å²) in [5.74, 6) is -2.60. The number of morpholine rings is 1. The van der Waals surface area contributed by atoms with Crippen LogP contribution >= 0.6 is 0 Å². The van der Waals surface area contributed by atoms with Crippen LogP contribution in [0.25, 0.3) is 0 Å². The van der Waals surface area contributed by atoms with Gasteiger partial charge in [0.25, 0.3) is 0 Å². The highest BCUT2D eigenvalue weighted by Gasteiger charge is 2.43. The number of aromatic nitrogens is 1. The molecule has 1 unspecified atom stereocenters. The Morgan fingerprint density at radius 1 is 1.30 bits per heavy atom. The third-order valence-electron chi connectivity index (χ3n) is 4.94. The van der Waals surface area contributed by atoms with Crippen LogP contribution < -0.4 is 0 Å². The first-order valence-electron chi connectivity index (χ1n) is 9.51. The van der Waals surface area contributed by atoms with Crippen molar-refractivity contribution in [3.63, 3.8) is 0 Å². The second kappa shape index (κ2) is 10.0. The molecule has 1 aromatic rings. The smallest absolute Gasteiger partial charge is 0.475 e. The lowest BCUT2D eigenvalue weighted by molar-refractivity contribution is -0.192. The fraction of sp³-hybridized carbons (Fsp3) is 0.667. The van der Waals surface area contributed by atoms with Gasteiger partial charge in [-0.25, -0.2) is 13.2 Å². The lowest BCUT2D eigenvalue weighted by Crippen LogP contribution is -2.60. The lowest BCUT2D eigenvalue weighted by atomic mass is 9.91. The van der Waals surface area contributed by atoms with E-state index in [1.165, 1.54) is 0 Å². The van der Waals surface area contributed by atoms with Crippen LogP contribution in [0, 0.1) is 0 Å². The zero-order valence-corrected chi connectivity index (χ0v) is 17.5. The predicted octanol–water partition coefficient (Wildman–Crippen LogP) is 1.73. The highest BCUT2D eigenvalue weighted by atomic mass is 32.2. The Kier molecular flexibility index (Phi) is 8.20. The van der Waals surface area contributed by atoms with Crippen LogP contribution in [0.15, 0.2) is 24.4 Å². The zero-order valence-electron chi connectivity index (χ0n) is 16.6. The van der Waals surface area contributed by atoms with Crippen molar-refractivity contribution in [1.82, 2.24) is 14.2 Å². The molecule has 1 aromatic heterocycles. The molecule has 2 aliphatic heterocycles. The van der Waals surface area contributed by atoms with Crippen molar-refractivity contribution in [2.45, 2.75) is 38.1 Å². The largest absolute Gasteiger partial charge is 0.490 e. The molecule has 0 bridgehead atoms. The number of carboxylic acids is 1. The topological polar surface area (TPSA) is 100 Å². The molecule has 3 rings (SSSR count). The fourth-order valence-electron chi connectivity index (χ4n) is 3.52. The molecule has 0 aliphatic carbocycles. The van der Waals surface area contributed by atoms with Crippen LogP contribution in [0.2, 0.25) is 0 Å². The zero-order chi connectivity index (χ0) is 22.4. The van der Waals surface area contributed by atoms with E-state index >= 15 is 0 Å². The Balaban J connectivity index is 0.000000396. The van der Waals surface area contributed by atoms with Crippen molar-refractivity contribution in [2.75, 3.05) is 38.5 Å². The number of alkyl halides is 3. The Hall–Kier alpha value is -1.76. The van der Waals surface area contributed by atoms with Gasteiger partial charge in [-0.1, -0.05) is 6.07 Å². The summed E-state index contributed by atoms with van der Waals surface area (Å²) < 4.78 is 63.8. The molecule has 1 atom stereocenters. The fourth-order valence-corrected chi connectivity index (χ4v) is 4.67. The maximum absolute atomic E-state index is 12.2. The van der Waals surface area contributed by atoms with Gasteiger partial charge < -0.3 is 9.84 Å². The minimum absolute atomic E-state index is 0.154. The number of hydrogen-bond acceptors (Lipinski definition) is 6. The van der Waals surface area contributed by atoms with E-state index in [0.717, 1.165) is 38.2 Å². The van der Waals surface area contributed by atoms with Gasteiger partial charge in [0.05, 0.1) is 23.7 Å². The van der Waals surface area contributed by atoms with E-state index < -0.39 is 22.2 Å². The van der Waals surface area contributed by atoms with Gasteiger partial charge in [0.2, 0.25) is 10.0 Å². The number of pyridine rings is 1. The predicted molar refractivity (Wildman–Crippen MR) is 102 cm³/mol. The van der Waals surface area contributed by atoms with Crippen LogP contribution in [-0.2, 0) is 26.1 Å². The number of aliphatic carboxylic acids is 1. The summed E-state index contributed by atoms with van der Waals surface area (Å²) in [4.78, 5) is 15.6. The molecule has 2 saturated heterocycles. The normalized spacial score (nSPS) is 23.6. The first-order chi connectivity index (χ1) is 14.0. The minimum Gasteiger partial charge on any atom is -0.475 e. The molecule has 0 amide bonds. The van der Waals surface area contributed by atoms with Crippen molar-refractivity contribution in [2.24, 2.45) is 0 Å². The Morgan fingerprint density at radius 3 is 2.57 bits per heavy atom. The second-order valence-corrected chi connectivity index (χ2v) is 9.46. The highest BCUT2D eigenvalue weighted by molar-refractivity contribution is 7.89. The van der Waals surface area contributed by atoms with E-state index in [0.29, 0.717) is 19.7 Å². The summed E-state index contributed by atoms with van der Waals surface area (Å²) in [6.07, 6.45) is -1.34. The van der Waals surface area contributed by atoms with E-state index in [1.807, 2.05) is 24.4 Å². The molecule has 3 heterocycles. The number of piperidine rings is 1. The van der Waals surface area contributed by atoms with Crippen molar-refractivity contribution in [3.8, 4) is 0 Å². The molecule has 0 aromatic carbocycles. The van der Waals surface area contributed by atoms with Crippen molar-refractivity contribution >= 4 is 16.0 Å². The molecule has 30 heavy (non-hydrogen) atoms. The van der Waals surface area contributed by atoms with Crippen molar-refractivity contribution in [1.29, 1.82) is 0 Å². The molecule has 2 fully saturated rings. The van der Waals surface area contributed by atoms with Crippen LogP contribution in [0.3, 0.4) is 0 Å². The number of carboxylic acid groups (broad SMARTS) is 1. The number of halogens is 3. The highest BCUT2D eigenvalue weighted by Crippen LogP contribution is 2.30. The molecule has 0 radical (unpaired) electrons. The molecular weight excluding hydrogens is 427 g/mol. The number of carbonyl (C=O) groups is 1. The molecule has 0 saturated carbocycles. The Bertz CT molecular complexity index is 803. The number of rotatable bonds is 4. The average molecular weight is 453 g/mol. The van der Waals surface area contributed by atoms with Crippen LogP contribution in [0.1, 0.15) is 25.5 Å². The summed E-state index contributed by atoms with van der Waals surface area (Å²) in [6.45, 7) is 5.68. The molecule has 8 nitrogen and oxygen atoms in total. The maximum atomic E-state index is 12.2. The van der Waals surface area contributed by atoms with Gasteiger partial charge in [-0.15, -0.1) is 0 Å². The number of likely N-dealkylation sites (tertiary alicyclic amines) is 1. The van der Waals surface area contributed by atoms with E-state index in [4.69, 9.17) is 14.6 Å². The summed E-state index contributed by atoms with van der Waals surface area (Å²) in [7, 11) is -3.15. The minimum atomic E-state index is -5.08. The molecular formula is C18H26F3N3O5S. The number of nitrogens with zero attached hydrogens (tertiary/aromatic N) is 3. The van der Waals surface area contributed by atoms with E-state index in [2.05, 4.69) is 9.88 Å². The average Bonchev–Trinajstić information content (AvgIpc) is 2.68. The van der Waals surface area contributed by atoms with Crippen LogP contribution in [0.5, 0.6) is 0 Å². The van der Waals surface area contributed by atoms with E-state index in [-0.39, 0.29) is 11.4 Å². The first kappa shape index (κ1) is 24.5. The summed E-state index contributed by atoms with van der Waals surface area (Å²) in [5, 5.41) is 7.12. The Labute approximate surface area is 173 Å². The number of hydrogen-bond donors (Lipinski definition) is 1. The van der Waals surface area contributed by atoms with Crippen molar-refractivity contribution < 1.29 is 36.2 Å². The molecule has 2 aliphatic rings. The second-order valence-electron chi connectivity index (χ2n) is 7.20. The lowest BCUT2D eigenvalue weighted by Gasteiger charge is -2.47. The van der Waals surface area contributed by atoms with Crippen LogP contribution in [-0.4, -0.2) is 84.0 Å². The van der Waals surface area contributed by atoms with Crippen LogP contribution in [0.4, 0.5) is 13.2 Å². The van der Waals surface area contributed by atoms with Crippen molar-refractivity contribution in [3.05, 3.63) is 30.1 Å². The van der Waals surface area contributed by atoms with Gasteiger partial charge in [-0.05, 0) is 38.4 Å². The summed E-state index contributed by atoms with van der Waals surface area (Å²) in [6, 6.07) is 5.94. The Morgan fingerprint density at radius 2 is 2.00 bits per heavy atom. The standard InChI is InChI=1S/C16H25N3O3S.C2HF3O2/c1-2-23(20,21)19-10-11-22-16(14-19)7-5-9-18(13-16)12-15-6-3-4-8-17-15;3-2(4,5)1(6)7/h3-4,6,8H,2,5,7,9-14H2,1H3;(H,6,7). The molecule has 170 valence electrons.